The Bertz CT molecular complexity index is 887. The number of hydrogen-bond acceptors (Lipinski definition) is 4. The lowest BCUT2D eigenvalue weighted by molar-refractivity contribution is 0.604. The fourth-order valence-corrected chi connectivity index (χ4v) is 2.94. The highest BCUT2D eigenvalue weighted by Crippen LogP contribution is 2.38. The maximum atomic E-state index is 12.6. The summed E-state index contributed by atoms with van der Waals surface area (Å²) in [5.41, 5.74) is 9.78. The Morgan fingerprint density at radius 3 is 2.95 bits per heavy atom. The van der Waals surface area contributed by atoms with Crippen LogP contribution in [0.4, 0.5) is 0 Å². The summed E-state index contributed by atoms with van der Waals surface area (Å²) in [6.45, 7) is 2.43. The lowest BCUT2D eigenvalue weighted by atomic mass is 10.0. The maximum Gasteiger partial charge on any atom is 0.281 e. The second kappa shape index (κ2) is 3.93. The summed E-state index contributed by atoms with van der Waals surface area (Å²) in [7, 11) is 0. The molecule has 1 aliphatic carbocycles. The molecule has 0 bridgehead atoms. The van der Waals surface area contributed by atoms with Gasteiger partial charge in [-0.05, 0) is 30.9 Å². The summed E-state index contributed by atoms with van der Waals surface area (Å²) in [6, 6.07) is 4.31. The van der Waals surface area contributed by atoms with E-state index in [0.717, 1.165) is 34.9 Å². The molecule has 2 heterocycles. The lowest BCUT2D eigenvalue weighted by Gasteiger charge is -2.14. The average Bonchev–Trinajstić information content (AvgIpc) is 3.15. The number of rotatable bonds is 2. The van der Waals surface area contributed by atoms with Crippen LogP contribution in [0.15, 0.2) is 27.7 Å². The first kappa shape index (κ1) is 11.7. The van der Waals surface area contributed by atoms with Gasteiger partial charge < -0.3 is 14.7 Å². The van der Waals surface area contributed by atoms with Crippen molar-refractivity contribution in [2.75, 3.05) is 0 Å². The van der Waals surface area contributed by atoms with Crippen molar-refractivity contribution in [3.8, 4) is 0 Å². The van der Waals surface area contributed by atoms with Gasteiger partial charge in [0.2, 0.25) is 0 Å². The van der Waals surface area contributed by atoms with Crippen molar-refractivity contribution in [2.24, 2.45) is 5.73 Å². The van der Waals surface area contributed by atoms with Crippen LogP contribution in [0.2, 0.25) is 0 Å². The Kier molecular flexibility index (Phi) is 2.29. The first-order valence-electron chi connectivity index (χ1n) is 6.82. The van der Waals surface area contributed by atoms with Crippen LogP contribution in [-0.4, -0.2) is 9.55 Å². The Morgan fingerprint density at radius 1 is 1.45 bits per heavy atom. The van der Waals surface area contributed by atoms with E-state index in [0.29, 0.717) is 17.6 Å². The van der Waals surface area contributed by atoms with Gasteiger partial charge in [-0.15, -0.1) is 0 Å². The van der Waals surface area contributed by atoms with Crippen molar-refractivity contribution in [1.82, 2.24) is 9.55 Å². The summed E-state index contributed by atoms with van der Waals surface area (Å²) < 4.78 is 7.37. The van der Waals surface area contributed by atoms with E-state index < -0.39 is 0 Å². The van der Waals surface area contributed by atoms with Gasteiger partial charge in [0, 0.05) is 18.0 Å². The van der Waals surface area contributed by atoms with E-state index in [9.17, 15) is 4.79 Å². The van der Waals surface area contributed by atoms with Gasteiger partial charge in [0.25, 0.3) is 5.56 Å². The van der Waals surface area contributed by atoms with Crippen LogP contribution in [0.1, 0.15) is 30.0 Å². The molecule has 0 saturated heterocycles. The topological polar surface area (TPSA) is 74.1 Å². The van der Waals surface area contributed by atoms with Crippen molar-refractivity contribution in [3.05, 3.63) is 40.0 Å². The van der Waals surface area contributed by atoms with Gasteiger partial charge in [0.05, 0.1) is 5.52 Å². The molecule has 4 rings (SSSR count). The number of nitrogens with two attached hydrogens (primary N) is 1. The molecule has 1 fully saturated rings. The third-order valence-corrected chi connectivity index (χ3v) is 4.05. The second-order valence-corrected chi connectivity index (χ2v) is 5.41. The Labute approximate surface area is 115 Å². The highest BCUT2D eigenvalue weighted by molar-refractivity contribution is 6.04. The smallest absolute Gasteiger partial charge is 0.281 e. The molecule has 3 aromatic rings. The average molecular weight is 269 g/mol. The van der Waals surface area contributed by atoms with E-state index in [1.807, 2.05) is 23.6 Å². The minimum absolute atomic E-state index is 0.0546. The molecule has 5 heteroatoms. The number of hydrogen-bond donors (Lipinski definition) is 1. The van der Waals surface area contributed by atoms with Gasteiger partial charge in [-0.25, -0.2) is 4.98 Å². The minimum Gasteiger partial charge on any atom is -0.443 e. The molecule has 0 spiro atoms. The van der Waals surface area contributed by atoms with E-state index in [1.165, 1.54) is 6.39 Å². The van der Waals surface area contributed by atoms with E-state index in [2.05, 4.69) is 4.98 Å². The third-order valence-electron chi connectivity index (χ3n) is 4.05. The molecule has 0 amide bonds. The molecule has 0 unspecified atom stereocenters. The van der Waals surface area contributed by atoms with Crippen molar-refractivity contribution in [2.45, 2.75) is 32.4 Å². The molecule has 0 aliphatic heterocycles. The summed E-state index contributed by atoms with van der Waals surface area (Å²) >= 11 is 0. The molecule has 0 radical (unpaired) electrons. The molecule has 0 atom stereocenters. The van der Waals surface area contributed by atoms with Crippen LogP contribution in [0.25, 0.3) is 22.0 Å². The zero-order valence-electron chi connectivity index (χ0n) is 11.2. The Hall–Kier alpha value is -2.14. The predicted octanol–water partition coefficient (Wildman–Crippen LogP) is 2.24. The number of fused-ring (bicyclic) bond motifs is 3. The summed E-state index contributed by atoms with van der Waals surface area (Å²) in [4.78, 5) is 16.7. The van der Waals surface area contributed by atoms with E-state index >= 15 is 0 Å². The van der Waals surface area contributed by atoms with Crippen LogP contribution in [0, 0.1) is 6.92 Å². The Balaban J connectivity index is 2.34. The number of oxazole rings is 1. The van der Waals surface area contributed by atoms with Crippen LogP contribution in [-0.2, 0) is 6.54 Å². The molecule has 20 heavy (non-hydrogen) atoms. The van der Waals surface area contributed by atoms with Gasteiger partial charge in [-0.3, -0.25) is 4.79 Å². The highest BCUT2D eigenvalue weighted by atomic mass is 16.3. The van der Waals surface area contributed by atoms with Crippen molar-refractivity contribution in [3.63, 3.8) is 0 Å². The van der Waals surface area contributed by atoms with E-state index in [1.54, 1.807) is 0 Å². The minimum atomic E-state index is -0.0546. The number of benzene rings is 1. The SMILES string of the molecule is Cc1ccc(CN)c2c3ocnc3c(=O)n(C3CC3)c12. The van der Waals surface area contributed by atoms with E-state index in [-0.39, 0.29) is 11.6 Å². The monoisotopic (exact) mass is 269 g/mol. The molecule has 102 valence electrons. The molecule has 1 aliphatic rings. The Morgan fingerprint density at radius 2 is 2.25 bits per heavy atom. The lowest BCUT2D eigenvalue weighted by Crippen LogP contribution is -2.21. The molecular formula is C15H15N3O2. The van der Waals surface area contributed by atoms with Crippen molar-refractivity contribution >= 4 is 22.0 Å². The first-order chi connectivity index (χ1) is 9.72. The number of aromatic nitrogens is 2. The van der Waals surface area contributed by atoms with Crippen LogP contribution in [0.5, 0.6) is 0 Å². The fraction of sp³-hybridized carbons (Fsp3) is 0.333. The zero-order valence-corrected chi connectivity index (χ0v) is 11.2. The molecule has 1 aromatic carbocycles. The van der Waals surface area contributed by atoms with Crippen LogP contribution in [0.3, 0.4) is 0 Å². The second-order valence-electron chi connectivity index (χ2n) is 5.41. The first-order valence-corrected chi connectivity index (χ1v) is 6.82. The van der Waals surface area contributed by atoms with Crippen LogP contribution < -0.4 is 11.3 Å². The molecule has 2 aromatic heterocycles. The maximum absolute atomic E-state index is 12.6. The van der Waals surface area contributed by atoms with Gasteiger partial charge >= 0.3 is 0 Å². The number of pyridine rings is 1. The quantitative estimate of drug-likeness (QED) is 0.774. The largest absolute Gasteiger partial charge is 0.443 e. The number of nitrogens with zero attached hydrogens (tertiary/aromatic N) is 2. The highest BCUT2D eigenvalue weighted by Gasteiger charge is 2.29. The molecular weight excluding hydrogens is 254 g/mol. The molecule has 1 saturated carbocycles. The molecule has 2 N–H and O–H groups in total. The third kappa shape index (κ3) is 1.41. The van der Waals surface area contributed by atoms with Crippen LogP contribution >= 0.6 is 0 Å². The van der Waals surface area contributed by atoms with E-state index in [4.69, 9.17) is 10.2 Å². The van der Waals surface area contributed by atoms with Gasteiger partial charge in [0.1, 0.15) is 0 Å². The summed E-state index contributed by atoms with van der Waals surface area (Å²) in [6.07, 6.45) is 3.43. The predicted molar refractivity (Wildman–Crippen MR) is 76.7 cm³/mol. The van der Waals surface area contributed by atoms with Gasteiger partial charge in [-0.2, -0.15) is 0 Å². The zero-order chi connectivity index (χ0) is 13.9. The van der Waals surface area contributed by atoms with Crippen molar-refractivity contribution in [1.29, 1.82) is 0 Å². The number of aryl methyl sites for hydroxylation is 1. The fourth-order valence-electron chi connectivity index (χ4n) is 2.94. The molecule has 5 nitrogen and oxygen atoms in total. The normalized spacial score (nSPS) is 15.3. The summed E-state index contributed by atoms with van der Waals surface area (Å²) in [5.74, 6) is 0. The standard InChI is InChI=1S/C15H15N3O2/c1-8-2-3-9(6-16)11-13(8)18(10-4-5-10)15(19)12-14(11)20-7-17-12/h2-3,7,10H,4-6,16H2,1H3. The van der Waals surface area contributed by atoms with Gasteiger partial charge in [-0.1, -0.05) is 12.1 Å². The van der Waals surface area contributed by atoms with Crippen molar-refractivity contribution < 1.29 is 4.42 Å². The summed E-state index contributed by atoms with van der Waals surface area (Å²) in [5, 5.41) is 0.937. The van der Waals surface area contributed by atoms with Gasteiger partial charge in [0.15, 0.2) is 17.5 Å².